The second-order valence-corrected chi connectivity index (χ2v) is 7.49. The van der Waals surface area contributed by atoms with E-state index in [4.69, 9.17) is 4.42 Å². The zero-order valence-electron chi connectivity index (χ0n) is 15.4. The molecule has 1 aromatic heterocycles. The molecule has 10 heteroatoms. The van der Waals surface area contributed by atoms with Crippen LogP contribution in [0.15, 0.2) is 46.0 Å². The predicted molar refractivity (Wildman–Crippen MR) is 118 cm³/mol. The van der Waals surface area contributed by atoms with E-state index in [9.17, 15) is 8.42 Å². The third kappa shape index (κ3) is 9.20. The molecule has 3 N–H and O–H groups in total. The van der Waals surface area contributed by atoms with Gasteiger partial charge in [-0.3, -0.25) is 0 Å². The second-order valence-electron chi connectivity index (χ2n) is 5.65. The van der Waals surface area contributed by atoms with Crippen molar-refractivity contribution in [1.82, 2.24) is 20.3 Å². The molecule has 0 amide bonds. The molecule has 27 heavy (non-hydrogen) atoms. The lowest BCUT2D eigenvalue weighted by atomic mass is 10.2. The van der Waals surface area contributed by atoms with Gasteiger partial charge in [0.05, 0.1) is 12.8 Å². The molecule has 1 aromatic carbocycles. The van der Waals surface area contributed by atoms with Crippen molar-refractivity contribution in [3.8, 4) is 11.5 Å². The van der Waals surface area contributed by atoms with Crippen LogP contribution in [0.3, 0.4) is 0 Å². The molecule has 0 saturated heterocycles. The van der Waals surface area contributed by atoms with E-state index >= 15 is 0 Å². The van der Waals surface area contributed by atoms with E-state index in [2.05, 4.69) is 25.3 Å². The molecule has 0 atom stereocenters. The Labute approximate surface area is 177 Å². The van der Waals surface area contributed by atoms with Crippen LogP contribution < -0.4 is 15.4 Å². The predicted octanol–water partition coefficient (Wildman–Crippen LogP) is 1.95. The Kier molecular flexibility index (Phi) is 10.3. The monoisotopic (exact) mass is 507 g/mol. The molecule has 0 aliphatic carbocycles. The maximum Gasteiger partial charge on any atom is 0.226 e. The van der Waals surface area contributed by atoms with Crippen LogP contribution in [0.5, 0.6) is 0 Å². The molecule has 2 rings (SSSR count). The summed E-state index contributed by atoms with van der Waals surface area (Å²) in [6.07, 6.45) is 3.40. The molecule has 0 aliphatic rings. The third-order valence-corrected chi connectivity index (χ3v) is 4.05. The number of sulfonamides is 1. The molecule has 0 bridgehead atoms. The highest BCUT2D eigenvalue weighted by molar-refractivity contribution is 14.0. The molecular formula is C17H26IN5O3S. The number of oxazole rings is 1. The van der Waals surface area contributed by atoms with E-state index in [1.54, 1.807) is 6.26 Å². The fourth-order valence-corrected chi connectivity index (χ4v) is 2.66. The fourth-order valence-electron chi connectivity index (χ4n) is 2.15. The first-order valence-corrected chi connectivity index (χ1v) is 10.3. The first-order chi connectivity index (χ1) is 12.5. The Morgan fingerprint density at radius 3 is 2.59 bits per heavy atom. The van der Waals surface area contributed by atoms with Gasteiger partial charge in [0.2, 0.25) is 15.9 Å². The minimum atomic E-state index is -3.14. The quantitative estimate of drug-likeness (QED) is 0.207. The van der Waals surface area contributed by atoms with Crippen LogP contribution in [0.4, 0.5) is 0 Å². The van der Waals surface area contributed by atoms with Crippen LogP contribution in [-0.4, -0.2) is 45.3 Å². The molecule has 2 aromatic rings. The number of nitrogens with one attached hydrogen (secondary N) is 3. The molecule has 0 aliphatic heterocycles. The van der Waals surface area contributed by atoms with Crippen molar-refractivity contribution < 1.29 is 12.8 Å². The van der Waals surface area contributed by atoms with Crippen molar-refractivity contribution >= 4 is 40.0 Å². The van der Waals surface area contributed by atoms with E-state index in [0.717, 1.165) is 24.1 Å². The summed E-state index contributed by atoms with van der Waals surface area (Å²) in [5.74, 6) is 1.22. The zero-order valence-corrected chi connectivity index (χ0v) is 18.6. The van der Waals surface area contributed by atoms with Gasteiger partial charge < -0.3 is 15.1 Å². The van der Waals surface area contributed by atoms with E-state index in [-0.39, 0.29) is 24.0 Å². The molecule has 1 heterocycles. The molecule has 0 spiro atoms. The van der Waals surface area contributed by atoms with Gasteiger partial charge >= 0.3 is 0 Å². The normalized spacial score (nSPS) is 11.7. The lowest BCUT2D eigenvalue weighted by Crippen LogP contribution is -2.38. The number of aliphatic imine (C=N–C) groups is 1. The Morgan fingerprint density at radius 2 is 1.93 bits per heavy atom. The largest absolute Gasteiger partial charge is 0.444 e. The summed E-state index contributed by atoms with van der Waals surface area (Å²) < 4.78 is 30.0. The van der Waals surface area contributed by atoms with Crippen LogP contribution in [0.25, 0.3) is 11.5 Å². The first kappa shape index (κ1) is 23.4. The van der Waals surface area contributed by atoms with Crippen molar-refractivity contribution in [2.24, 2.45) is 4.99 Å². The molecule has 0 radical (unpaired) electrons. The van der Waals surface area contributed by atoms with Gasteiger partial charge in [-0.15, -0.1) is 24.0 Å². The number of aromatic nitrogens is 1. The minimum Gasteiger partial charge on any atom is -0.444 e. The molecule has 8 nitrogen and oxygen atoms in total. The van der Waals surface area contributed by atoms with Crippen molar-refractivity contribution in [3.63, 3.8) is 0 Å². The van der Waals surface area contributed by atoms with E-state index in [1.807, 2.05) is 37.3 Å². The summed E-state index contributed by atoms with van der Waals surface area (Å²) in [6.45, 7) is 4.07. The molecule has 0 saturated carbocycles. The summed E-state index contributed by atoms with van der Waals surface area (Å²) in [4.78, 5) is 8.91. The Bertz CT molecular complexity index is 809. The average Bonchev–Trinajstić information content (AvgIpc) is 3.08. The van der Waals surface area contributed by atoms with E-state index < -0.39 is 10.0 Å². The number of hydrogen-bond acceptors (Lipinski definition) is 5. The summed E-state index contributed by atoms with van der Waals surface area (Å²) in [5.41, 5.74) is 1.66. The lowest BCUT2D eigenvalue weighted by molar-refractivity contribution is 0.572. The van der Waals surface area contributed by atoms with Gasteiger partial charge in [-0.1, -0.05) is 18.2 Å². The highest BCUT2D eigenvalue weighted by Crippen LogP contribution is 2.18. The zero-order chi connectivity index (χ0) is 18.8. The maximum atomic E-state index is 11.0. The Balaban J connectivity index is 0.00000364. The summed E-state index contributed by atoms with van der Waals surface area (Å²) >= 11 is 0. The minimum absolute atomic E-state index is 0. The first-order valence-electron chi connectivity index (χ1n) is 8.44. The SMILES string of the molecule is CCNC(=NCc1coc(-c2ccccc2)n1)NCCCNS(C)(=O)=O.I. The molecule has 150 valence electrons. The number of guanidine groups is 1. The number of benzene rings is 1. The molecular weight excluding hydrogens is 481 g/mol. The highest BCUT2D eigenvalue weighted by atomic mass is 127. The van der Waals surface area contributed by atoms with Crippen molar-refractivity contribution in [2.75, 3.05) is 25.9 Å². The molecule has 0 fully saturated rings. The summed E-state index contributed by atoms with van der Waals surface area (Å²) in [6, 6.07) is 9.69. The van der Waals surface area contributed by atoms with Crippen molar-refractivity contribution in [2.45, 2.75) is 19.9 Å². The lowest BCUT2D eigenvalue weighted by Gasteiger charge is -2.10. The second kappa shape index (κ2) is 11.9. The maximum absolute atomic E-state index is 11.0. The van der Waals surface area contributed by atoms with Crippen molar-refractivity contribution in [1.29, 1.82) is 0 Å². The fraction of sp³-hybridized carbons (Fsp3) is 0.412. The third-order valence-electron chi connectivity index (χ3n) is 3.33. The van der Waals surface area contributed by atoms with Gasteiger partial charge in [-0.05, 0) is 25.5 Å². The molecule has 0 unspecified atom stereocenters. The van der Waals surface area contributed by atoms with Crippen LogP contribution in [0, 0.1) is 0 Å². The van der Waals surface area contributed by atoms with E-state index in [1.165, 1.54) is 0 Å². The van der Waals surface area contributed by atoms with Gasteiger partial charge in [-0.2, -0.15) is 0 Å². The van der Waals surface area contributed by atoms with Crippen LogP contribution >= 0.6 is 24.0 Å². The van der Waals surface area contributed by atoms with Gasteiger partial charge in [0, 0.05) is 25.2 Å². The average molecular weight is 507 g/mol. The van der Waals surface area contributed by atoms with Crippen LogP contribution in [0.2, 0.25) is 0 Å². The standard InChI is InChI=1S/C17H25N5O3S.HI/c1-3-18-17(19-10-7-11-21-26(2,23)24)20-12-15-13-25-16(22-15)14-8-5-4-6-9-14;/h4-6,8-9,13,21H,3,7,10-12H2,1-2H3,(H2,18,19,20);1H. The van der Waals surface area contributed by atoms with Gasteiger partial charge in [0.1, 0.15) is 12.0 Å². The topological polar surface area (TPSA) is 109 Å². The van der Waals surface area contributed by atoms with Gasteiger partial charge in [0.15, 0.2) is 5.96 Å². The summed E-state index contributed by atoms with van der Waals surface area (Å²) in [7, 11) is -3.14. The van der Waals surface area contributed by atoms with Crippen LogP contribution in [-0.2, 0) is 16.6 Å². The number of nitrogens with zero attached hydrogens (tertiary/aromatic N) is 2. The number of rotatable bonds is 9. The Morgan fingerprint density at radius 1 is 1.19 bits per heavy atom. The van der Waals surface area contributed by atoms with Gasteiger partial charge in [0.25, 0.3) is 0 Å². The highest BCUT2D eigenvalue weighted by Gasteiger charge is 2.06. The number of hydrogen-bond donors (Lipinski definition) is 3. The van der Waals surface area contributed by atoms with Crippen molar-refractivity contribution in [3.05, 3.63) is 42.3 Å². The van der Waals surface area contributed by atoms with Gasteiger partial charge in [-0.25, -0.2) is 23.1 Å². The summed E-state index contributed by atoms with van der Waals surface area (Å²) in [5, 5.41) is 6.30. The smallest absolute Gasteiger partial charge is 0.226 e. The Hall–Kier alpha value is -1.66. The number of halogens is 1. The van der Waals surface area contributed by atoms with E-state index in [0.29, 0.717) is 37.9 Å². The van der Waals surface area contributed by atoms with Crippen LogP contribution in [0.1, 0.15) is 19.0 Å².